The first-order valence-corrected chi connectivity index (χ1v) is 6.14. The molecule has 0 aliphatic heterocycles. The summed E-state index contributed by atoms with van der Waals surface area (Å²) < 4.78 is 5.31. The summed E-state index contributed by atoms with van der Waals surface area (Å²) in [6, 6.07) is 13.8. The monoisotopic (exact) mass is 253 g/mol. The van der Waals surface area contributed by atoms with Crippen LogP contribution in [0.15, 0.2) is 53.3 Å². The van der Waals surface area contributed by atoms with Crippen LogP contribution in [-0.2, 0) is 0 Å². The first-order chi connectivity index (χ1) is 9.28. The zero-order valence-corrected chi connectivity index (χ0v) is 10.6. The number of nitrogens with one attached hydrogen (secondary N) is 1. The lowest BCUT2D eigenvalue weighted by molar-refractivity contribution is 0.601. The molecule has 19 heavy (non-hydrogen) atoms. The van der Waals surface area contributed by atoms with Crippen molar-refractivity contribution in [3.63, 3.8) is 0 Å². The van der Waals surface area contributed by atoms with Crippen molar-refractivity contribution in [3.05, 3.63) is 60.0 Å². The molecule has 0 fully saturated rings. The second kappa shape index (κ2) is 4.74. The Morgan fingerprint density at radius 3 is 2.84 bits per heavy atom. The third kappa shape index (κ3) is 2.18. The SMILES string of the molecule is CNc1cccc(C(N)c2ccc3ncoc3c2)c1. The van der Waals surface area contributed by atoms with E-state index in [9.17, 15) is 0 Å². The van der Waals surface area contributed by atoms with Crippen molar-refractivity contribution in [3.8, 4) is 0 Å². The van der Waals surface area contributed by atoms with Crippen molar-refractivity contribution in [2.45, 2.75) is 6.04 Å². The second-order valence-corrected chi connectivity index (χ2v) is 4.43. The molecule has 0 saturated carbocycles. The van der Waals surface area contributed by atoms with E-state index in [2.05, 4.69) is 16.4 Å². The molecular formula is C15H15N3O. The summed E-state index contributed by atoms with van der Waals surface area (Å²) in [6.45, 7) is 0. The molecule has 3 aromatic rings. The fraction of sp³-hybridized carbons (Fsp3) is 0.133. The zero-order valence-electron chi connectivity index (χ0n) is 10.6. The Morgan fingerprint density at radius 2 is 2.00 bits per heavy atom. The minimum absolute atomic E-state index is 0.178. The van der Waals surface area contributed by atoms with Crippen LogP contribution in [0.5, 0.6) is 0 Å². The average molecular weight is 253 g/mol. The van der Waals surface area contributed by atoms with Gasteiger partial charge in [-0.25, -0.2) is 4.98 Å². The van der Waals surface area contributed by atoms with Crippen LogP contribution in [0.3, 0.4) is 0 Å². The van der Waals surface area contributed by atoms with E-state index >= 15 is 0 Å². The number of rotatable bonds is 3. The zero-order chi connectivity index (χ0) is 13.2. The molecule has 0 saturated heterocycles. The number of nitrogens with zero attached hydrogens (tertiary/aromatic N) is 1. The topological polar surface area (TPSA) is 64.1 Å². The fourth-order valence-electron chi connectivity index (χ4n) is 2.15. The highest BCUT2D eigenvalue weighted by Crippen LogP contribution is 2.24. The lowest BCUT2D eigenvalue weighted by Crippen LogP contribution is -2.11. The van der Waals surface area contributed by atoms with Gasteiger partial charge in [0.05, 0.1) is 6.04 Å². The summed E-state index contributed by atoms with van der Waals surface area (Å²) in [4.78, 5) is 4.10. The van der Waals surface area contributed by atoms with E-state index in [1.54, 1.807) is 0 Å². The molecule has 1 unspecified atom stereocenters. The Bertz CT molecular complexity index is 705. The third-order valence-electron chi connectivity index (χ3n) is 3.25. The predicted molar refractivity (Wildman–Crippen MR) is 76.0 cm³/mol. The Labute approximate surface area is 111 Å². The number of fused-ring (bicyclic) bond motifs is 1. The van der Waals surface area contributed by atoms with Crippen LogP contribution in [0.2, 0.25) is 0 Å². The lowest BCUT2D eigenvalue weighted by atomic mass is 9.99. The van der Waals surface area contributed by atoms with Crippen molar-refractivity contribution in [2.24, 2.45) is 5.73 Å². The number of nitrogens with two attached hydrogens (primary N) is 1. The molecule has 0 radical (unpaired) electrons. The van der Waals surface area contributed by atoms with E-state index in [0.717, 1.165) is 27.9 Å². The minimum Gasteiger partial charge on any atom is -0.443 e. The van der Waals surface area contributed by atoms with Gasteiger partial charge in [-0.05, 0) is 35.4 Å². The summed E-state index contributed by atoms with van der Waals surface area (Å²) in [5, 5.41) is 3.12. The van der Waals surface area contributed by atoms with E-state index in [1.165, 1.54) is 6.39 Å². The molecule has 1 atom stereocenters. The standard InChI is InChI=1S/C15H15N3O/c1-17-12-4-2-3-10(7-12)15(16)11-5-6-13-14(8-11)19-9-18-13/h2-9,15,17H,16H2,1H3. The van der Waals surface area contributed by atoms with E-state index in [0.29, 0.717) is 0 Å². The first kappa shape index (κ1) is 11.7. The Hall–Kier alpha value is -2.33. The molecule has 0 aliphatic carbocycles. The molecule has 3 rings (SSSR count). The van der Waals surface area contributed by atoms with Gasteiger partial charge < -0.3 is 15.5 Å². The van der Waals surface area contributed by atoms with Gasteiger partial charge in [0.15, 0.2) is 12.0 Å². The maximum absolute atomic E-state index is 6.31. The number of oxazole rings is 1. The van der Waals surface area contributed by atoms with Gasteiger partial charge in [0.2, 0.25) is 0 Å². The van der Waals surface area contributed by atoms with Crippen LogP contribution < -0.4 is 11.1 Å². The first-order valence-electron chi connectivity index (χ1n) is 6.14. The third-order valence-corrected chi connectivity index (χ3v) is 3.25. The van der Waals surface area contributed by atoms with Crippen LogP contribution in [-0.4, -0.2) is 12.0 Å². The van der Waals surface area contributed by atoms with Crippen molar-refractivity contribution >= 4 is 16.8 Å². The maximum Gasteiger partial charge on any atom is 0.181 e. The molecule has 4 nitrogen and oxygen atoms in total. The minimum atomic E-state index is -0.178. The van der Waals surface area contributed by atoms with Crippen LogP contribution in [0, 0.1) is 0 Å². The summed E-state index contributed by atoms with van der Waals surface area (Å²) >= 11 is 0. The quantitative estimate of drug-likeness (QED) is 0.753. The number of hydrogen-bond acceptors (Lipinski definition) is 4. The molecule has 0 amide bonds. The molecule has 4 heteroatoms. The summed E-state index contributed by atoms with van der Waals surface area (Å²) in [7, 11) is 1.89. The molecule has 1 aromatic heterocycles. The number of anilines is 1. The van der Waals surface area contributed by atoms with Crippen molar-refractivity contribution in [1.82, 2.24) is 4.98 Å². The second-order valence-electron chi connectivity index (χ2n) is 4.43. The van der Waals surface area contributed by atoms with E-state index in [4.69, 9.17) is 10.2 Å². The van der Waals surface area contributed by atoms with Crippen molar-refractivity contribution < 1.29 is 4.42 Å². The summed E-state index contributed by atoms with van der Waals surface area (Å²) in [6.07, 6.45) is 1.45. The Balaban J connectivity index is 1.99. The predicted octanol–water partition coefficient (Wildman–Crippen LogP) is 2.92. The largest absolute Gasteiger partial charge is 0.443 e. The van der Waals surface area contributed by atoms with Crippen LogP contribution in [0.25, 0.3) is 11.1 Å². The Morgan fingerprint density at radius 1 is 1.16 bits per heavy atom. The highest BCUT2D eigenvalue weighted by molar-refractivity contribution is 5.73. The van der Waals surface area contributed by atoms with E-state index in [-0.39, 0.29) is 6.04 Å². The van der Waals surface area contributed by atoms with Gasteiger partial charge in [-0.2, -0.15) is 0 Å². The molecule has 3 N–H and O–H groups in total. The summed E-state index contributed by atoms with van der Waals surface area (Å²) in [5.41, 5.74) is 11.0. The van der Waals surface area contributed by atoms with Crippen LogP contribution >= 0.6 is 0 Å². The van der Waals surface area contributed by atoms with Gasteiger partial charge >= 0.3 is 0 Å². The molecule has 96 valence electrons. The number of aromatic nitrogens is 1. The smallest absolute Gasteiger partial charge is 0.181 e. The van der Waals surface area contributed by atoms with Crippen molar-refractivity contribution in [1.29, 1.82) is 0 Å². The fourth-order valence-corrected chi connectivity index (χ4v) is 2.15. The highest BCUT2D eigenvalue weighted by Gasteiger charge is 2.11. The van der Waals surface area contributed by atoms with Gasteiger partial charge in [-0.1, -0.05) is 18.2 Å². The average Bonchev–Trinajstić information content (AvgIpc) is 2.94. The number of benzene rings is 2. The normalized spacial score (nSPS) is 12.5. The molecule has 0 spiro atoms. The van der Waals surface area contributed by atoms with Gasteiger partial charge in [-0.3, -0.25) is 0 Å². The number of hydrogen-bond donors (Lipinski definition) is 2. The van der Waals surface area contributed by atoms with Crippen LogP contribution in [0.1, 0.15) is 17.2 Å². The summed E-state index contributed by atoms with van der Waals surface area (Å²) in [5.74, 6) is 0. The van der Waals surface area contributed by atoms with Crippen LogP contribution in [0.4, 0.5) is 5.69 Å². The molecule has 0 aliphatic rings. The molecule has 0 bridgehead atoms. The van der Waals surface area contributed by atoms with Gasteiger partial charge in [0, 0.05) is 12.7 Å². The molecule has 1 heterocycles. The van der Waals surface area contributed by atoms with E-state index < -0.39 is 0 Å². The lowest BCUT2D eigenvalue weighted by Gasteiger charge is -2.13. The molecular weight excluding hydrogens is 238 g/mol. The van der Waals surface area contributed by atoms with Gasteiger partial charge in [0.25, 0.3) is 0 Å². The van der Waals surface area contributed by atoms with E-state index in [1.807, 2.05) is 43.4 Å². The highest BCUT2D eigenvalue weighted by atomic mass is 16.3. The van der Waals surface area contributed by atoms with Gasteiger partial charge in [-0.15, -0.1) is 0 Å². The molecule has 2 aromatic carbocycles. The Kier molecular flexibility index (Phi) is 2.93. The maximum atomic E-state index is 6.31. The van der Waals surface area contributed by atoms with Crippen molar-refractivity contribution in [2.75, 3.05) is 12.4 Å². The van der Waals surface area contributed by atoms with Gasteiger partial charge in [0.1, 0.15) is 5.52 Å².